The molecule has 0 atom stereocenters. The van der Waals surface area contributed by atoms with Gasteiger partial charge in [-0.15, -0.1) is 0 Å². The summed E-state index contributed by atoms with van der Waals surface area (Å²) >= 11 is 0. The van der Waals surface area contributed by atoms with E-state index in [1.165, 1.54) is 6.07 Å². The minimum atomic E-state index is -0.132. The maximum absolute atomic E-state index is 11.9. The molecule has 0 aliphatic heterocycles. The lowest BCUT2D eigenvalue weighted by atomic mass is 10.1. The summed E-state index contributed by atoms with van der Waals surface area (Å²) in [7, 11) is 1.83. The first kappa shape index (κ1) is 10.4. The van der Waals surface area contributed by atoms with E-state index < -0.39 is 0 Å². The van der Waals surface area contributed by atoms with Gasteiger partial charge in [-0.1, -0.05) is 12.1 Å². The van der Waals surface area contributed by atoms with Crippen LogP contribution in [0, 0.1) is 0 Å². The van der Waals surface area contributed by atoms with Crippen LogP contribution in [0.1, 0.15) is 16.2 Å². The van der Waals surface area contributed by atoms with Crippen molar-refractivity contribution < 1.29 is 9.90 Å². The number of phenolic OH excluding ortho intramolecular Hbond substituents is 1. The van der Waals surface area contributed by atoms with Crippen molar-refractivity contribution in [3.63, 3.8) is 0 Å². The maximum Gasteiger partial charge on any atom is 0.174 e. The summed E-state index contributed by atoms with van der Waals surface area (Å²) in [6.07, 6.45) is 3.63. The van der Waals surface area contributed by atoms with E-state index in [4.69, 9.17) is 0 Å². The number of hydrogen-bond acceptors (Lipinski definition) is 3. The van der Waals surface area contributed by atoms with Crippen molar-refractivity contribution in [1.82, 2.24) is 9.55 Å². The molecular weight excluding hydrogens is 204 g/mol. The van der Waals surface area contributed by atoms with Crippen LogP contribution in [0.2, 0.25) is 0 Å². The van der Waals surface area contributed by atoms with E-state index in [1.54, 1.807) is 35.2 Å². The molecule has 1 heterocycles. The Morgan fingerprint density at radius 2 is 2.19 bits per heavy atom. The Labute approximate surface area is 93.2 Å². The number of aryl methyl sites for hydroxylation is 1. The van der Waals surface area contributed by atoms with Crippen molar-refractivity contribution in [3.05, 3.63) is 48.0 Å². The minimum Gasteiger partial charge on any atom is -0.507 e. The van der Waals surface area contributed by atoms with E-state index in [-0.39, 0.29) is 18.0 Å². The fourth-order valence-electron chi connectivity index (χ4n) is 1.52. The third-order valence-electron chi connectivity index (χ3n) is 2.44. The second-order valence-corrected chi connectivity index (χ2v) is 3.57. The van der Waals surface area contributed by atoms with Crippen molar-refractivity contribution in [2.45, 2.75) is 6.42 Å². The van der Waals surface area contributed by atoms with E-state index in [0.717, 1.165) is 0 Å². The number of para-hydroxylation sites is 1. The number of rotatable bonds is 3. The molecule has 1 aromatic heterocycles. The van der Waals surface area contributed by atoms with Crippen LogP contribution in [0.3, 0.4) is 0 Å². The van der Waals surface area contributed by atoms with E-state index in [9.17, 15) is 9.90 Å². The number of aromatic hydroxyl groups is 1. The third-order valence-corrected chi connectivity index (χ3v) is 2.44. The summed E-state index contributed by atoms with van der Waals surface area (Å²) in [6, 6.07) is 6.53. The van der Waals surface area contributed by atoms with Gasteiger partial charge in [0.1, 0.15) is 11.6 Å². The fourth-order valence-corrected chi connectivity index (χ4v) is 1.52. The Morgan fingerprint density at radius 3 is 2.81 bits per heavy atom. The van der Waals surface area contributed by atoms with Gasteiger partial charge < -0.3 is 9.67 Å². The molecular formula is C12H12N2O2. The Bertz CT molecular complexity index is 517. The average molecular weight is 216 g/mol. The lowest BCUT2D eigenvalue weighted by Crippen LogP contribution is -2.08. The van der Waals surface area contributed by atoms with Crippen LogP contribution in [0.15, 0.2) is 36.7 Å². The van der Waals surface area contributed by atoms with Gasteiger partial charge in [-0.05, 0) is 12.1 Å². The van der Waals surface area contributed by atoms with Crippen molar-refractivity contribution in [2.24, 2.45) is 7.05 Å². The smallest absolute Gasteiger partial charge is 0.174 e. The summed E-state index contributed by atoms with van der Waals surface area (Å²) in [5.74, 6) is 0.572. The first-order valence-corrected chi connectivity index (χ1v) is 4.96. The maximum atomic E-state index is 11.9. The summed E-state index contributed by atoms with van der Waals surface area (Å²) < 4.78 is 1.79. The summed E-state index contributed by atoms with van der Waals surface area (Å²) in [4.78, 5) is 15.9. The van der Waals surface area contributed by atoms with E-state index in [2.05, 4.69) is 4.98 Å². The number of hydrogen-bond donors (Lipinski definition) is 1. The second kappa shape index (κ2) is 4.18. The first-order chi connectivity index (χ1) is 7.68. The number of aromatic nitrogens is 2. The highest BCUT2D eigenvalue weighted by Crippen LogP contribution is 2.17. The molecule has 2 rings (SSSR count). The quantitative estimate of drug-likeness (QED) is 0.792. The molecule has 0 saturated heterocycles. The van der Waals surface area contributed by atoms with Crippen LogP contribution in [0.4, 0.5) is 0 Å². The van der Waals surface area contributed by atoms with Gasteiger partial charge in [-0.25, -0.2) is 4.98 Å². The molecule has 1 aromatic carbocycles. The van der Waals surface area contributed by atoms with Gasteiger partial charge >= 0.3 is 0 Å². The minimum absolute atomic E-state index is 0.0155. The van der Waals surface area contributed by atoms with Crippen molar-refractivity contribution in [3.8, 4) is 5.75 Å². The molecule has 0 unspecified atom stereocenters. The molecule has 4 heteroatoms. The number of carbonyl (C=O) groups excluding carboxylic acids is 1. The summed E-state index contributed by atoms with van der Waals surface area (Å²) in [6.45, 7) is 0. The Hall–Kier alpha value is -2.10. The number of Topliss-reactive ketones (excluding diaryl/α,β-unsaturated/α-hetero) is 1. The zero-order valence-electron chi connectivity index (χ0n) is 8.92. The van der Waals surface area contributed by atoms with Gasteiger partial charge in [-0.2, -0.15) is 0 Å². The fraction of sp³-hybridized carbons (Fsp3) is 0.167. The van der Waals surface area contributed by atoms with Crippen LogP contribution in [-0.2, 0) is 13.5 Å². The number of phenols is 1. The second-order valence-electron chi connectivity index (χ2n) is 3.57. The predicted octanol–water partition coefficient (Wildman–Crippen LogP) is 1.55. The molecule has 0 bridgehead atoms. The number of benzene rings is 1. The monoisotopic (exact) mass is 216 g/mol. The molecule has 0 radical (unpaired) electrons. The van der Waals surface area contributed by atoms with E-state index in [0.29, 0.717) is 11.4 Å². The van der Waals surface area contributed by atoms with Gasteiger partial charge in [0.15, 0.2) is 5.78 Å². The molecule has 16 heavy (non-hydrogen) atoms. The molecule has 0 amide bonds. The lowest BCUT2D eigenvalue weighted by Gasteiger charge is -2.03. The van der Waals surface area contributed by atoms with Crippen molar-refractivity contribution in [2.75, 3.05) is 0 Å². The van der Waals surface area contributed by atoms with E-state index >= 15 is 0 Å². The molecule has 0 aliphatic carbocycles. The molecule has 0 spiro atoms. The molecule has 1 N–H and O–H groups in total. The molecule has 0 aliphatic rings. The van der Waals surface area contributed by atoms with Gasteiger partial charge in [0.05, 0.1) is 12.0 Å². The Balaban J connectivity index is 2.22. The van der Waals surface area contributed by atoms with Crippen LogP contribution >= 0.6 is 0 Å². The zero-order chi connectivity index (χ0) is 11.5. The number of ketones is 1. The highest BCUT2D eigenvalue weighted by atomic mass is 16.3. The molecule has 0 saturated carbocycles. The van der Waals surface area contributed by atoms with Crippen molar-refractivity contribution >= 4 is 5.78 Å². The summed E-state index contributed by atoms with van der Waals surface area (Å²) in [5, 5.41) is 9.53. The topological polar surface area (TPSA) is 55.1 Å². The Morgan fingerprint density at radius 1 is 1.44 bits per heavy atom. The molecule has 4 nitrogen and oxygen atoms in total. The van der Waals surface area contributed by atoms with Gasteiger partial charge in [0, 0.05) is 19.4 Å². The van der Waals surface area contributed by atoms with Gasteiger partial charge in [0.2, 0.25) is 0 Å². The third kappa shape index (κ3) is 1.95. The normalized spacial score (nSPS) is 10.3. The highest BCUT2D eigenvalue weighted by Gasteiger charge is 2.13. The molecule has 82 valence electrons. The van der Waals surface area contributed by atoms with Crippen LogP contribution < -0.4 is 0 Å². The lowest BCUT2D eigenvalue weighted by molar-refractivity contribution is 0.0987. The summed E-state index contributed by atoms with van der Waals surface area (Å²) in [5.41, 5.74) is 0.338. The standard InChI is InChI=1S/C12H12N2O2/c1-14-7-6-13-12(14)8-11(16)9-4-2-3-5-10(9)15/h2-7,15H,8H2,1H3. The van der Waals surface area contributed by atoms with Crippen LogP contribution in [0.5, 0.6) is 5.75 Å². The first-order valence-electron chi connectivity index (χ1n) is 4.96. The zero-order valence-corrected chi connectivity index (χ0v) is 8.92. The van der Waals surface area contributed by atoms with Gasteiger partial charge in [0.25, 0.3) is 0 Å². The van der Waals surface area contributed by atoms with E-state index in [1.807, 2.05) is 7.05 Å². The predicted molar refractivity (Wildman–Crippen MR) is 59.3 cm³/mol. The largest absolute Gasteiger partial charge is 0.507 e. The number of carbonyl (C=O) groups is 1. The number of nitrogens with zero attached hydrogens (tertiary/aromatic N) is 2. The SMILES string of the molecule is Cn1ccnc1CC(=O)c1ccccc1O. The van der Waals surface area contributed by atoms with Crippen molar-refractivity contribution in [1.29, 1.82) is 0 Å². The molecule has 2 aromatic rings. The number of imidazole rings is 1. The van der Waals surface area contributed by atoms with Crippen LogP contribution in [0.25, 0.3) is 0 Å². The van der Waals surface area contributed by atoms with Crippen LogP contribution in [-0.4, -0.2) is 20.4 Å². The average Bonchev–Trinajstić information content (AvgIpc) is 2.65. The van der Waals surface area contributed by atoms with Gasteiger partial charge in [-0.3, -0.25) is 4.79 Å². The highest BCUT2D eigenvalue weighted by molar-refractivity contribution is 5.99. The Kier molecular flexibility index (Phi) is 2.72. The molecule has 0 fully saturated rings.